The van der Waals surface area contributed by atoms with Crippen molar-refractivity contribution in [2.75, 3.05) is 11.0 Å². The Morgan fingerprint density at radius 2 is 1.72 bits per heavy atom. The van der Waals surface area contributed by atoms with E-state index in [1.54, 1.807) is 24.3 Å². The van der Waals surface area contributed by atoms with Crippen molar-refractivity contribution in [1.82, 2.24) is 0 Å². The molecule has 4 rings (SSSR count). The van der Waals surface area contributed by atoms with Crippen LogP contribution in [0.2, 0.25) is 0 Å². The zero-order valence-corrected chi connectivity index (χ0v) is 16.9. The molecule has 0 saturated heterocycles. The summed E-state index contributed by atoms with van der Waals surface area (Å²) in [6.07, 6.45) is 1.11. The number of hydrogen-bond acceptors (Lipinski definition) is 3. The first-order valence-electron chi connectivity index (χ1n) is 9.12. The van der Waals surface area contributed by atoms with E-state index in [0.717, 1.165) is 34.1 Å². The van der Waals surface area contributed by atoms with Gasteiger partial charge in [-0.05, 0) is 53.0 Å². The van der Waals surface area contributed by atoms with Crippen molar-refractivity contribution in [2.24, 2.45) is 0 Å². The van der Waals surface area contributed by atoms with Crippen molar-refractivity contribution >= 4 is 26.9 Å². The summed E-state index contributed by atoms with van der Waals surface area (Å²) in [4.78, 5) is 0. The number of ether oxygens (including phenoxy) is 1. The molecule has 0 unspecified atom stereocenters. The van der Waals surface area contributed by atoms with E-state index in [1.807, 2.05) is 43.3 Å². The van der Waals surface area contributed by atoms with Gasteiger partial charge in [0.2, 0.25) is 10.0 Å². The number of para-hydroxylation sites is 1. The topological polar surface area (TPSA) is 55.4 Å². The lowest BCUT2D eigenvalue weighted by atomic mass is 9.88. The van der Waals surface area contributed by atoms with Gasteiger partial charge >= 0.3 is 0 Å². The van der Waals surface area contributed by atoms with Gasteiger partial charge in [0.15, 0.2) is 11.6 Å². The Bertz CT molecular complexity index is 1230. The second-order valence-electron chi connectivity index (χ2n) is 7.02. The molecule has 0 aromatic heterocycles. The predicted molar refractivity (Wildman–Crippen MR) is 114 cm³/mol. The third-order valence-corrected chi connectivity index (χ3v) is 5.48. The molecule has 0 atom stereocenters. The highest BCUT2D eigenvalue weighted by molar-refractivity contribution is 7.92. The third-order valence-electron chi connectivity index (χ3n) is 4.87. The van der Waals surface area contributed by atoms with E-state index < -0.39 is 15.8 Å². The quantitative estimate of drug-likeness (QED) is 0.657. The number of fused-ring (bicyclic) bond motifs is 2. The molecule has 6 heteroatoms. The van der Waals surface area contributed by atoms with Gasteiger partial charge in [-0.3, -0.25) is 4.72 Å². The van der Waals surface area contributed by atoms with E-state index in [4.69, 9.17) is 4.74 Å². The average molecular weight is 409 g/mol. The zero-order chi connectivity index (χ0) is 20.6. The first-order valence-corrected chi connectivity index (χ1v) is 11.0. The van der Waals surface area contributed by atoms with Gasteiger partial charge in [0.25, 0.3) is 0 Å². The van der Waals surface area contributed by atoms with Crippen LogP contribution < -0.4 is 9.46 Å². The minimum atomic E-state index is -3.39. The molecule has 0 aliphatic carbocycles. The number of allylic oxidation sites excluding steroid dienone is 1. The largest absolute Gasteiger partial charge is 0.485 e. The zero-order valence-electron chi connectivity index (χ0n) is 16.1. The predicted octanol–water partition coefficient (Wildman–Crippen LogP) is 5.07. The van der Waals surface area contributed by atoms with Gasteiger partial charge in [0.05, 0.1) is 6.26 Å². The average Bonchev–Trinajstić information content (AvgIpc) is 2.84. The van der Waals surface area contributed by atoms with Crippen LogP contribution >= 0.6 is 0 Å². The van der Waals surface area contributed by atoms with Crippen LogP contribution in [0.3, 0.4) is 0 Å². The maximum atomic E-state index is 14.5. The monoisotopic (exact) mass is 409 g/mol. The van der Waals surface area contributed by atoms with Crippen LogP contribution in [0.4, 0.5) is 10.1 Å². The van der Waals surface area contributed by atoms with Crippen molar-refractivity contribution in [2.45, 2.75) is 13.5 Å². The molecule has 148 valence electrons. The summed E-state index contributed by atoms with van der Waals surface area (Å²) < 4.78 is 46.1. The molecule has 29 heavy (non-hydrogen) atoms. The highest BCUT2D eigenvalue weighted by Crippen LogP contribution is 2.42. The summed E-state index contributed by atoms with van der Waals surface area (Å²) in [5.74, 6) is -0.184. The van der Waals surface area contributed by atoms with Crippen LogP contribution in [0.25, 0.3) is 11.1 Å². The maximum Gasteiger partial charge on any atom is 0.229 e. The van der Waals surface area contributed by atoms with Gasteiger partial charge in [0, 0.05) is 11.3 Å². The third kappa shape index (κ3) is 3.89. The molecule has 0 amide bonds. The summed E-state index contributed by atoms with van der Waals surface area (Å²) in [7, 11) is -3.39. The molecule has 1 N–H and O–H groups in total. The van der Waals surface area contributed by atoms with Crippen molar-refractivity contribution in [3.63, 3.8) is 0 Å². The second kappa shape index (κ2) is 7.37. The van der Waals surface area contributed by atoms with Gasteiger partial charge in [-0.2, -0.15) is 0 Å². The van der Waals surface area contributed by atoms with Crippen molar-refractivity contribution in [1.29, 1.82) is 0 Å². The van der Waals surface area contributed by atoms with Gasteiger partial charge in [0.1, 0.15) is 6.61 Å². The van der Waals surface area contributed by atoms with Gasteiger partial charge in [-0.1, -0.05) is 48.5 Å². The van der Waals surface area contributed by atoms with Crippen LogP contribution in [0.5, 0.6) is 5.75 Å². The molecular formula is C23H20FNO3S. The van der Waals surface area contributed by atoms with Crippen LogP contribution in [-0.4, -0.2) is 14.7 Å². The standard InChI is InChI=1S/C23H20FNO3S/c1-15(16-8-5-9-18(13-16)25-29(2,26)27)22-19-10-4-3-7-17(19)14-28-23-20(22)11-6-12-21(23)24/h3-13,25H,14H2,1-2H3/b22-15-. The molecular weight excluding hydrogens is 389 g/mol. The Balaban J connectivity index is 1.97. The summed E-state index contributed by atoms with van der Waals surface area (Å²) in [6.45, 7) is 2.22. The van der Waals surface area contributed by atoms with E-state index in [2.05, 4.69) is 4.72 Å². The molecule has 1 aliphatic heterocycles. The Hall–Kier alpha value is -3.12. The normalized spacial score (nSPS) is 14.9. The van der Waals surface area contributed by atoms with Crippen molar-refractivity contribution in [3.8, 4) is 5.75 Å². The van der Waals surface area contributed by atoms with Gasteiger partial charge in [-0.15, -0.1) is 0 Å². The van der Waals surface area contributed by atoms with E-state index in [1.165, 1.54) is 6.07 Å². The number of benzene rings is 3. The van der Waals surface area contributed by atoms with Crippen molar-refractivity contribution in [3.05, 3.63) is 94.8 Å². The van der Waals surface area contributed by atoms with E-state index in [-0.39, 0.29) is 12.4 Å². The molecule has 3 aromatic carbocycles. The fourth-order valence-electron chi connectivity index (χ4n) is 3.62. The minimum Gasteiger partial charge on any atom is -0.485 e. The lowest BCUT2D eigenvalue weighted by Crippen LogP contribution is -2.09. The molecule has 0 radical (unpaired) electrons. The number of halogens is 1. The van der Waals surface area contributed by atoms with Gasteiger partial charge in [-0.25, -0.2) is 12.8 Å². The molecule has 0 saturated carbocycles. The lowest BCUT2D eigenvalue weighted by molar-refractivity contribution is 0.291. The van der Waals surface area contributed by atoms with Crippen LogP contribution in [0.1, 0.15) is 29.2 Å². The van der Waals surface area contributed by atoms with Gasteiger partial charge < -0.3 is 4.74 Å². The number of nitrogens with one attached hydrogen (secondary N) is 1. The maximum absolute atomic E-state index is 14.5. The molecule has 0 spiro atoms. The number of hydrogen-bond donors (Lipinski definition) is 1. The van der Waals surface area contributed by atoms with Crippen LogP contribution in [0, 0.1) is 5.82 Å². The Morgan fingerprint density at radius 3 is 2.52 bits per heavy atom. The molecule has 3 aromatic rings. The van der Waals surface area contributed by atoms with Crippen LogP contribution in [0.15, 0.2) is 66.7 Å². The van der Waals surface area contributed by atoms with Crippen molar-refractivity contribution < 1.29 is 17.5 Å². The first kappa shape index (κ1) is 19.2. The molecule has 4 nitrogen and oxygen atoms in total. The van der Waals surface area contributed by atoms with E-state index in [9.17, 15) is 12.8 Å². The Kier molecular flexibility index (Phi) is 4.88. The highest BCUT2D eigenvalue weighted by Gasteiger charge is 2.23. The smallest absolute Gasteiger partial charge is 0.229 e. The first-order chi connectivity index (χ1) is 13.8. The lowest BCUT2D eigenvalue weighted by Gasteiger charge is -2.16. The number of anilines is 1. The fraction of sp³-hybridized carbons (Fsp3) is 0.130. The summed E-state index contributed by atoms with van der Waals surface area (Å²) in [6, 6.07) is 19.9. The number of rotatable bonds is 3. The SMILES string of the molecule is C/C(=C1\c2ccccc2COc2c(F)cccc21)c1cccc(NS(C)(=O)=O)c1. The summed E-state index contributed by atoms with van der Waals surface area (Å²) >= 11 is 0. The Morgan fingerprint density at radius 1 is 1.00 bits per heavy atom. The summed E-state index contributed by atoms with van der Waals surface area (Å²) in [5, 5.41) is 0. The highest BCUT2D eigenvalue weighted by atomic mass is 32.2. The second-order valence-corrected chi connectivity index (χ2v) is 8.77. The fourth-order valence-corrected chi connectivity index (χ4v) is 4.17. The van der Waals surface area contributed by atoms with Crippen LogP contribution in [-0.2, 0) is 16.6 Å². The Labute approximate surface area is 169 Å². The number of sulfonamides is 1. The van der Waals surface area contributed by atoms with E-state index in [0.29, 0.717) is 11.3 Å². The molecule has 1 heterocycles. The summed E-state index contributed by atoms with van der Waals surface area (Å²) in [5.41, 5.74) is 5.67. The molecule has 1 aliphatic rings. The molecule has 0 fully saturated rings. The minimum absolute atomic E-state index is 0.225. The molecule has 0 bridgehead atoms. The van der Waals surface area contributed by atoms with E-state index >= 15 is 0 Å².